The molecule has 1 N–H and O–H groups in total. The number of carboxylic acid groups (broad SMARTS) is 1. The second-order valence-electron chi connectivity index (χ2n) is 7.00. The van der Waals surface area contributed by atoms with Crippen LogP contribution in [0.25, 0.3) is 10.9 Å². The largest absolute Gasteiger partial charge is 0.480 e. The highest BCUT2D eigenvalue weighted by molar-refractivity contribution is 6.24. The second kappa shape index (κ2) is 7.47. The third kappa shape index (κ3) is 3.43. The molecule has 150 valence electrons. The van der Waals surface area contributed by atoms with E-state index in [1.807, 2.05) is 0 Å². The standard InChI is InChI=1S/C22H16FN3O4/c1-26(11-12-2-5-15(23)6-3-12)21(28)14-8-13-4-7-16-19(18(13)24-9-14)25-10-17(20(16)27)22(29)30/h2-10,17H,11H2,1H3,(H,29,30). The molecule has 3 aromatic rings. The predicted octanol–water partition coefficient (Wildman–Crippen LogP) is 3.25. The van der Waals surface area contributed by atoms with Gasteiger partial charge in [-0.1, -0.05) is 18.2 Å². The second-order valence-corrected chi connectivity index (χ2v) is 7.00. The van der Waals surface area contributed by atoms with Gasteiger partial charge in [0.05, 0.1) is 16.8 Å². The van der Waals surface area contributed by atoms with Crippen LogP contribution in [0.2, 0.25) is 0 Å². The van der Waals surface area contributed by atoms with Crippen molar-refractivity contribution >= 4 is 40.5 Å². The minimum Gasteiger partial charge on any atom is -0.480 e. The van der Waals surface area contributed by atoms with E-state index in [4.69, 9.17) is 5.11 Å². The highest BCUT2D eigenvalue weighted by atomic mass is 19.1. The number of aliphatic carboxylic acids is 1. The van der Waals surface area contributed by atoms with Gasteiger partial charge in [-0.05, 0) is 29.8 Å². The normalized spacial score (nSPS) is 15.1. The van der Waals surface area contributed by atoms with Gasteiger partial charge in [-0.25, -0.2) is 4.39 Å². The van der Waals surface area contributed by atoms with Gasteiger partial charge >= 0.3 is 5.97 Å². The van der Waals surface area contributed by atoms with Gasteiger partial charge in [0.25, 0.3) is 5.91 Å². The molecular weight excluding hydrogens is 389 g/mol. The van der Waals surface area contributed by atoms with Crippen molar-refractivity contribution in [3.63, 3.8) is 0 Å². The fraction of sp³-hybridized carbons (Fsp3) is 0.136. The molecule has 0 saturated heterocycles. The van der Waals surface area contributed by atoms with E-state index in [1.165, 1.54) is 29.3 Å². The van der Waals surface area contributed by atoms with Gasteiger partial charge in [0.2, 0.25) is 0 Å². The number of hydrogen-bond acceptors (Lipinski definition) is 5. The maximum Gasteiger partial charge on any atom is 0.319 e. The first-order valence-electron chi connectivity index (χ1n) is 9.09. The number of benzene rings is 2. The predicted molar refractivity (Wildman–Crippen MR) is 108 cm³/mol. The summed E-state index contributed by atoms with van der Waals surface area (Å²) in [4.78, 5) is 46.3. The molecule has 1 unspecified atom stereocenters. The molecule has 7 nitrogen and oxygen atoms in total. The van der Waals surface area contributed by atoms with E-state index < -0.39 is 17.7 Å². The number of ketones is 1. The van der Waals surface area contributed by atoms with Crippen LogP contribution in [0.4, 0.5) is 10.1 Å². The number of Topliss-reactive ketones (excluding diaryl/α,β-unsaturated/α-hetero) is 1. The number of carbonyl (C=O) groups excluding carboxylic acids is 2. The SMILES string of the molecule is CN(Cc1ccc(F)cc1)C(=O)c1cnc2c3c(ccc2c1)C(=O)C(C(=O)O)C=N3. The summed E-state index contributed by atoms with van der Waals surface area (Å²) in [6.07, 6.45) is 2.50. The summed E-state index contributed by atoms with van der Waals surface area (Å²) >= 11 is 0. The van der Waals surface area contributed by atoms with Gasteiger partial charge in [0.15, 0.2) is 11.7 Å². The molecule has 1 atom stereocenters. The molecule has 0 bridgehead atoms. The summed E-state index contributed by atoms with van der Waals surface area (Å²) in [6, 6.07) is 10.7. The van der Waals surface area contributed by atoms with Crippen LogP contribution in [0.15, 0.2) is 53.7 Å². The molecule has 1 aromatic heterocycles. The Morgan fingerprint density at radius 1 is 1.17 bits per heavy atom. The highest BCUT2D eigenvalue weighted by Crippen LogP contribution is 2.33. The number of aromatic nitrogens is 1. The zero-order chi connectivity index (χ0) is 21.4. The van der Waals surface area contributed by atoms with E-state index in [0.717, 1.165) is 11.8 Å². The van der Waals surface area contributed by atoms with Crippen LogP contribution in [-0.2, 0) is 11.3 Å². The topological polar surface area (TPSA) is 99.9 Å². The van der Waals surface area contributed by atoms with Crippen molar-refractivity contribution in [1.82, 2.24) is 9.88 Å². The number of carbonyl (C=O) groups is 3. The quantitative estimate of drug-likeness (QED) is 0.672. The number of carboxylic acids is 1. The van der Waals surface area contributed by atoms with Crippen LogP contribution in [0.3, 0.4) is 0 Å². The van der Waals surface area contributed by atoms with Crippen LogP contribution in [0.5, 0.6) is 0 Å². The summed E-state index contributed by atoms with van der Waals surface area (Å²) in [6.45, 7) is 0.302. The number of hydrogen-bond donors (Lipinski definition) is 1. The van der Waals surface area contributed by atoms with Crippen molar-refractivity contribution in [1.29, 1.82) is 0 Å². The molecule has 0 fully saturated rings. The molecule has 30 heavy (non-hydrogen) atoms. The van der Waals surface area contributed by atoms with Crippen LogP contribution in [-0.4, -0.2) is 45.9 Å². The van der Waals surface area contributed by atoms with E-state index in [2.05, 4.69) is 9.98 Å². The smallest absolute Gasteiger partial charge is 0.319 e. The van der Waals surface area contributed by atoms with Gasteiger partial charge in [-0.3, -0.25) is 24.4 Å². The minimum atomic E-state index is -1.31. The third-order valence-electron chi connectivity index (χ3n) is 4.92. The maximum absolute atomic E-state index is 13.1. The van der Waals surface area contributed by atoms with Gasteiger partial charge in [-0.15, -0.1) is 0 Å². The van der Waals surface area contributed by atoms with Crippen molar-refractivity contribution in [2.45, 2.75) is 6.54 Å². The number of rotatable bonds is 4. The Hall–Kier alpha value is -3.94. The lowest BCUT2D eigenvalue weighted by molar-refractivity contribution is -0.137. The van der Waals surface area contributed by atoms with E-state index in [-0.39, 0.29) is 17.3 Å². The summed E-state index contributed by atoms with van der Waals surface area (Å²) in [5.74, 6) is -3.72. The molecule has 4 rings (SSSR count). The fourth-order valence-electron chi connectivity index (χ4n) is 3.35. The van der Waals surface area contributed by atoms with Crippen LogP contribution in [0.1, 0.15) is 26.3 Å². The van der Waals surface area contributed by atoms with E-state index >= 15 is 0 Å². The van der Waals surface area contributed by atoms with Crippen molar-refractivity contribution in [2.75, 3.05) is 7.05 Å². The molecule has 2 heterocycles. The summed E-state index contributed by atoms with van der Waals surface area (Å²) in [7, 11) is 1.64. The summed E-state index contributed by atoms with van der Waals surface area (Å²) < 4.78 is 13.1. The van der Waals surface area contributed by atoms with Crippen molar-refractivity contribution in [2.24, 2.45) is 10.9 Å². The Morgan fingerprint density at radius 3 is 2.60 bits per heavy atom. The van der Waals surface area contributed by atoms with Gasteiger partial charge in [0.1, 0.15) is 5.82 Å². The molecule has 2 aromatic carbocycles. The third-order valence-corrected chi connectivity index (χ3v) is 4.92. The zero-order valence-corrected chi connectivity index (χ0v) is 15.9. The van der Waals surface area contributed by atoms with Crippen molar-refractivity contribution in [3.05, 3.63) is 71.2 Å². The average Bonchev–Trinajstić information content (AvgIpc) is 2.74. The zero-order valence-electron chi connectivity index (χ0n) is 15.9. The molecule has 0 spiro atoms. The van der Waals surface area contributed by atoms with E-state index in [0.29, 0.717) is 28.7 Å². The maximum atomic E-state index is 13.1. The van der Waals surface area contributed by atoms with E-state index in [9.17, 15) is 18.8 Å². The first-order chi connectivity index (χ1) is 14.3. The molecule has 0 radical (unpaired) electrons. The molecule has 8 heteroatoms. The van der Waals surface area contributed by atoms with Crippen molar-refractivity contribution < 1.29 is 23.9 Å². The first kappa shape index (κ1) is 19.4. The number of halogens is 1. The minimum absolute atomic E-state index is 0.192. The number of amides is 1. The van der Waals surface area contributed by atoms with Gasteiger partial charge < -0.3 is 10.0 Å². The molecule has 0 saturated carbocycles. The Labute approximate surface area is 170 Å². The number of aliphatic imine (C=N–C) groups is 1. The monoisotopic (exact) mass is 405 g/mol. The number of nitrogens with zero attached hydrogens (tertiary/aromatic N) is 3. The highest BCUT2D eigenvalue weighted by Gasteiger charge is 2.31. The molecular formula is C22H16FN3O4. The Balaban J connectivity index is 1.63. The van der Waals surface area contributed by atoms with Crippen LogP contribution >= 0.6 is 0 Å². The van der Waals surface area contributed by atoms with Gasteiger partial charge in [0, 0.05) is 37.0 Å². The first-order valence-corrected chi connectivity index (χ1v) is 9.09. The summed E-state index contributed by atoms with van der Waals surface area (Å²) in [5.41, 5.74) is 2.04. The lowest BCUT2D eigenvalue weighted by Gasteiger charge is -2.18. The van der Waals surface area contributed by atoms with Crippen LogP contribution in [0, 0.1) is 11.7 Å². The van der Waals surface area contributed by atoms with E-state index in [1.54, 1.807) is 31.3 Å². The average molecular weight is 405 g/mol. The Morgan fingerprint density at radius 2 is 1.90 bits per heavy atom. The summed E-state index contributed by atoms with van der Waals surface area (Å²) in [5, 5.41) is 9.73. The lowest BCUT2D eigenvalue weighted by atomic mass is 9.93. The molecule has 1 aliphatic rings. The molecule has 0 aliphatic carbocycles. The Bertz CT molecular complexity index is 1220. The number of fused-ring (bicyclic) bond motifs is 3. The number of pyridine rings is 1. The lowest BCUT2D eigenvalue weighted by Crippen LogP contribution is -2.27. The fourth-order valence-corrected chi connectivity index (χ4v) is 3.35. The molecule has 1 aliphatic heterocycles. The molecule has 1 amide bonds. The van der Waals surface area contributed by atoms with Crippen LogP contribution < -0.4 is 0 Å². The van der Waals surface area contributed by atoms with Crippen molar-refractivity contribution in [3.8, 4) is 0 Å². The Kier molecular flexibility index (Phi) is 4.83. The van der Waals surface area contributed by atoms with Gasteiger partial charge in [-0.2, -0.15) is 0 Å².